The molecule has 0 amide bonds. The molecule has 0 saturated heterocycles. The van der Waals surface area contributed by atoms with Gasteiger partial charge < -0.3 is 29.8 Å². The normalized spacial score (nSPS) is 13.3. The summed E-state index contributed by atoms with van der Waals surface area (Å²) in [6.07, 6.45) is 0. The molecule has 0 saturated carbocycles. The number of nitrogens with zero attached hydrogens (tertiary/aromatic N) is 4. The minimum absolute atomic E-state index is 0.121. The summed E-state index contributed by atoms with van der Waals surface area (Å²) in [5.74, 6) is -2.57. The van der Waals surface area contributed by atoms with Gasteiger partial charge in [0, 0.05) is 5.02 Å². The number of phenols is 2. The number of aryl methyl sites for hydroxylation is 1. The van der Waals surface area contributed by atoms with Crippen molar-refractivity contribution < 1.29 is 64.9 Å². The fraction of sp³-hybridized carbons (Fsp3) is 0.0435. The van der Waals surface area contributed by atoms with Crippen LogP contribution in [0.5, 0.6) is 11.5 Å². The van der Waals surface area contributed by atoms with Crippen molar-refractivity contribution >= 4 is 91.2 Å². The van der Waals surface area contributed by atoms with Crippen LogP contribution >= 0.6 is 26.8 Å². The van der Waals surface area contributed by atoms with Gasteiger partial charge in [0.1, 0.15) is 32.5 Å². The van der Waals surface area contributed by atoms with Gasteiger partial charge in [-0.05, 0) is 54.8 Å². The molecule has 4 aromatic rings. The van der Waals surface area contributed by atoms with Gasteiger partial charge in [-0.25, -0.2) is 0 Å². The summed E-state index contributed by atoms with van der Waals surface area (Å²) in [6.45, 7) is 1.50. The first kappa shape index (κ1) is 35.2. The number of halogens is 1. The van der Waals surface area contributed by atoms with E-state index in [9.17, 15) is 64.9 Å². The Morgan fingerprint density at radius 3 is 1.48 bits per heavy atom. The molecule has 0 aliphatic heterocycles. The quantitative estimate of drug-likeness (QED) is 0.0716. The molecule has 0 aliphatic rings. The molecule has 0 radical (unpaired) electrons. The van der Waals surface area contributed by atoms with Crippen LogP contribution in [-0.2, 0) is 29.4 Å². The van der Waals surface area contributed by atoms with Crippen LogP contribution in [0.3, 0.4) is 0 Å². The van der Waals surface area contributed by atoms with Crippen LogP contribution < -0.4 is 10.6 Å². The van der Waals surface area contributed by atoms with Gasteiger partial charge in [-0.3, -0.25) is 18.2 Å². The average molecular weight is 737 g/mol. The Balaban J connectivity index is 2.06. The second kappa shape index (κ2) is 12.2. The molecule has 0 spiro atoms. The van der Waals surface area contributed by atoms with Gasteiger partial charge in [0.2, 0.25) is 0 Å². The minimum Gasteiger partial charge on any atom is -0.505 e. The van der Waals surface area contributed by atoms with Crippen LogP contribution in [0, 0.1) is 6.92 Å². The summed E-state index contributed by atoms with van der Waals surface area (Å²) < 4.78 is 92.5. The smallest absolute Gasteiger partial charge is 0.358 e. The molecular weight excluding hydrogens is 718 g/mol. The largest absolute Gasteiger partial charge is 0.505 e. The van der Waals surface area contributed by atoms with Crippen molar-refractivity contribution in [2.75, 3.05) is 0 Å². The van der Waals surface area contributed by atoms with Gasteiger partial charge in [-0.15, -0.1) is 20.5 Å². The molecule has 0 bridgehead atoms. The third-order valence-electron chi connectivity index (χ3n) is 6.02. The van der Waals surface area contributed by atoms with Crippen molar-refractivity contribution in [1.29, 1.82) is 0 Å². The predicted molar refractivity (Wildman–Crippen MR) is 161 cm³/mol. The Hall–Kier alpha value is -3.65. The van der Waals surface area contributed by atoms with E-state index in [1.165, 1.54) is 13.0 Å². The van der Waals surface area contributed by atoms with Gasteiger partial charge in [-0.2, -0.15) is 16.8 Å². The number of hydrogen-bond donors (Lipinski definition) is 8. The lowest BCUT2D eigenvalue weighted by molar-refractivity contribution is 0.385. The van der Waals surface area contributed by atoms with Crippen LogP contribution in [0.1, 0.15) is 5.56 Å². The Morgan fingerprint density at radius 2 is 1.07 bits per heavy atom. The summed E-state index contributed by atoms with van der Waals surface area (Å²) >= 11 is 5.78. The minimum atomic E-state index is -5.33. The molecule has 46 heavy (non-hydrogen) atoms. The molecule has 0 aromatic heterocycles. The van der Waals surface area contributed by atoms with E-state index in [-0.39, 0.29) is 5.02 Å². The molecule has 0 heterocycles. The van der Waals surface area contributed by atoms with Gasteiger partial charge in [0.15, 0.2) is 11.5 Å². The molecule has 4 rings (SSSR count). The molecule has 23 heteroatoms. The van der Waals surface area contributed by atoms with Crippen LogP contribution in [0.15, 0.2) is 78.8 Å². The van der Waals surface area contributed by atoms with E-state index in [4.69, 9.17) is 11.6 Å². The van der Waals surface area contributed by atoms with Crippen molar-refractivity contribution in [3.8, 4) is 11.5 Å². The second-order valence-corrected chi connectivity index (χ2v) is 15.7. The van der Waals surface area contributed by atoms with E-state index in [0.29, 0.717) is 17.7 Å². The first-order valence-electron chi connectivity index (χ1n) is 11.9. The zero-order chi connectivity index (χ0) is 34.6. The zero-order valence-electron chi connectivity index (χ0n) is 22.5. The van der Waals surface area contributed by atoms with E-state index in [2.05, 4.69) is 20.5 Å². The standard InChI is InChI=1S/C23H19ClN4O14P2S2/c1-10-2-4-13(15(6-10)43(31,32)33)25-27-20-17(45(37,38)39)7-11-8-18(46(40,41)42)21(23(30)19(11)22(20)29)28-26-14-5-3-12(24)9-16(14)44(34,35)36/h2-9,29-30H,1H3,(H2,31,32,33)(H2,34,35,36)(H,37,38,39)(H,40,41,42). The van der Waals surface area contributed by atoms with E-state index in [1.54, 1.807) is 0 Å². The maximum atomic E-state index is 12.2. The summed E-state index contributed by atoms with van der Waals surface area (Å²) in [5.41, 5.74) is -2.84. The summed E-state index contributed by atoms with van der Waals surface area (Å²) in [7, 11) is -20.7. The molecule has 8 N–H and O–H groups in total. The summed E-state index contributed by atoms with van der Waals surface area (Å²) in [5, 5.41) is 33.4. The van der Waals surface area contributed by atoms with Crippen molar-refractivity contribution in [2.45, 2.75) is 16.7 Å². The van der Waals surface area contributed by atoms with E-state index >= 15 is 0 Å². The Morgan fingerprint density at radius 1 is 0.652 bits per heavy atom. The average Bonchev–Trinajstić information content (AvgIpc) is 2.90. The first-order chi connectivity index (χ1) is 21.0. The Kier molecular flexibility index (Phi) is 9.32. The molecule has 0 unspecified atom stereocenters. The highest BCUT2D eigenvalue weighted by Gasteiger charge is 2.30. The van der Waals surface area contributed by atoms with Crippen LogP contribution in [0.2, 0.25) is 5.02 Å². The second-order valence-electron chi connectivity index (χ2n) is 9.31. The molecular formula is C23H19ClN4O14P2S2. The molecule has 244 valence electrons. The maximum absolute atomic E-state index is 12.2. The summed E-state index contributed by atoms with van der Waals surface area (Å²) in [6, 6.07) is 7.56. The number of benzene rings is 4. The van der Waals surface area contributed by atoms with Gasteiger partial charge >= 0.3 is 15.2 Å². The Labute approximate surface area is 263 Å². The fourth-order valence-corrected chi connectivity index (χ4v) is 7.10. The summed E-state index contributed by atoms with van der Waals surface area (Å²) in [4.78, 5) is 36.2. The van der Waals surface area contributed by atoms with Crippen molar-refractivity contribution in [3.05, 3.63) is 59.1 Å². The Bertz CT molecular complexity index is 2160. The molecule has 0 fully saturated rings. The lowest BCUT2D eigenvalue weighted by Gasteiger charge is -2.14. The number of phenolic OH excluding ortho intramolecular Hbond substituents is 2. The van der Waals surface area contributed by atoms with E-state index in [1.807, 2.05) is 0 Å². The SMILES string of the molecule is Cc1ccc(N=Nc2c(S(=O)(=O)O)cc3cc(S(=O)(=O)O)c(N=Nc4ccc(Cl)cc4P(=O)(O)O)c(O)c3c2O)c(P(=O)(O)O)c1. The highest BCUT2D eigenvalue weighted by atomic mass is 35.5. The van der Waals surface area contributed by atoms with Crippen LogP contribution in [-0.4, -0.2) is 55.7 Å². The molecule has 4 aromatic carbocycles. The molecule has 18 nitrogen and oxygen atoms in total. The molecule has 0 aliphatic carbocycles. The monoisotopic (exact) mass is 736 g/mol. The topological polar surface area (TPSA) is 314 Å². The predicted octanol–water partition coefficient (Wildman–Crippen LogP) is 4.14. The van der Waals surface area contributed by atoms with Crippen molar-refractivity contribution in [2.24, 2.45) is 20.5 Å². The number of rotatable bonds is 8. The van der Waals surface area contributed by atoms with Crippen LogP contribution in [0.4, 0.5) is 22.7 Å². The van der Waals surface area contributed by atoms with E-state index < -0.39 is 101 Å². The lowest BCUT2D eigenvalue weighted by atomic mass is 10.1. The number of azo groups is 2. The highest BCUT2D eigenvalue weighted by Crippen LogP contribution is 2.50. The van der Waals surface area contributed by atoms with Crippen LogP contribution in [0.25, 0.3) is 10.8 Å². The third-order valence-corrected chi connectivity index (χ3v) is 9.96. The maximum Gasteiger partial charge on any atom is 0.358 e. The zero-order valence-corrected chi connectivity index (χ0v) is 26.7. The van der Waals surface area contributed by atoms with Gasteiger partial charge in [0.05, 0.1) is 16.0 Å². The third kappa shape index (κ3) is 7.33. The lowest BCUT2D eigenvalue weighted by Crippen LogP contribution is -2.05. The van der Waals surface area contributed by atoms with Gasteiger partial charge in [-0.1, -0.05) is 23.2 Å². The fourth-order valence-electron chi connectivity index (χ4n) is 4.02. The number of aromatic hydroxyl groups is 2. The number of hydrogen-bond acceptors (Lipinski definition) is 12. The highest BCUT2D eigenvalue weighted by molar-refractivity contribution is 7.86. The first-order valence-corrected chi connectivity index (χ1v) is 18.3. The van der Waals surface area contributed by atoms with Gasteiger partial charge in [0.25, 0.3) is 20.2 Å². The van der Waals surface area contributed by atoms with E-state index in [0.717, 1.165) is 30.3 Å². The van der Waals surface area contributed by atoms with Crippen molar-refractivity contribution in [3.63, 3.8) is 0 Å². The number of fused-ring (bicyclic) bond motifs is 1. The molecule has 0 atom stereocenters. The van der Waals surface area contributed by atoms with Crippen molar-refractivity contribution in [1.82, 2.24) is 0 Å².